The number of fused-ring (bicyclic) bond motifs is 1. The second kappa shape index (κ2) is 4.82. The Morgan fingerprint density at radius 1 is 1.40 bits per heavy atom. The first-order valence-electron chi connectivity index (χ1n) is 6.54. The SMILES string of the molecule is Cn1ccc(C(=O)N2CCCc3c(C#N)cccc32)n1. The van der Waals surface area contributed by atoms with Crippen LogP contribution in [-0.2, 0) is 13.5 Å². The quantitative estimate of drug-likeness (QED) is 0.791. The van der Waals surface area contributed by atoms with E-state index in [4.69, 9.17) is 5.26 Å². The van der Waals surface area contributed by atoms with E-state index in [9.17, 15) is 4.79 Å². The smallest absolute Gasteiger partial charge is 0.278 e. The van der Waals surface area contributed by atoms with Crippen LogP contribution in [-0.4, -0.2) is 22.2 Å². The first-order chi connectivity index (χ1) is 9.70. The Balaban J connectivity index is 2.02. The van der Waals surface area contributed by atoms with Crippen molar-refractivity contribution in [1.82, 2.24) is 9.78 Å². The molecule has 0 aliphatic carbocycles. The molecule has 0 bridgehead atoms. The standard InChI is InChI=1S/C15H14N4O/c1-18-9-7-13(17-18)15(20)19-8-3-5-12-11(10-16)4-2-6-14(12)19/h2,4,6-7,9H,3,5,8H2,1H3. The molecule has 5 nitrogen and oxygen atoms in total. The Morgan fingerprint density at radius 2 is 2.25 bits per heavy atom. The van der Waals surface area contributed by atoms with Gasteiger partial charge in [0, 0.05) is 25.5 Å². The Labute approximate surface area is 117 Å². The molecule has 1 aromatic carbocycles. The number of anilines is 1. The number of nitriles is 1. The van der Waals surface area contributed by atoms with Gasteiger partial charge in [0.05, 0.1) is 11.6 Å². The second-order valence-corrected chi connectivity index (χ2v) is 4.85. The van der Waals surface area contributed by atoms with E-state index in [1.807, 2.05) is 12.1 Å². The van der Waals surface area contributed by atoms with Crippen molar-refractivity contribution in [3.8, 4) is 6.07 Å². The van der Waals surface area contributed by atoms with Gasteiger partial charge in [-0.05, 0) is 36.6 Å². The van der Waals surface area contributed by atoms with E-state index in [2.05, 4.69) is 11.2 Å². The highest BCUT2D eigenvalue weighted by Crippen LogP contribution is 2.30. The van der Waals surface area contributed by atoms with Crippen molar-refractivity contribution in [2.75, 3.05) is 11.4 Å². The first kappa shape index (κ1) is 12.4. The van der Waals surface area contributed by atoms with Crippen LogP contribution in [0.5, 0.6) is 0 Å². The molecule has 1 aliphatic rings. The summed E-state index contributed by atoms with van der Waals surface area (Å²) in [5.41, 5.74) is 2.89. The Hall–Kier alpha value is -2.61. The van der Waals surface area contributed by atoms with E-state index in [-0.39, 0.29) is 5.91 Å². The van der Waals surface area contributed by atoms with Gasteiger partial charge in [-0.15, -0.1) is 0 Å². The molecule has 0 fully saturated rings. The molecule has 100 valence electrons. The molecule has 0 unspecified atom stereocenters. The molecule has 0 atom stereocenters. The third kappa shape index (κ3) is 1.95. The third-order valence-corrected chi connectivity index (χ3v) is 3.55. The normalized spacial score (nSPS) is 13.7. The number of carbonyl (C=O) groups excluding carboxylic acids is 1. The maximum Gasteiger partial charge on any atom is 0.278 e. The summed E-state index contributed by atoms with van der Waals surface area (Å²) >= 11 is 0. The Bertz CT molecular complexity index is 711. The number of rotatable bonds is 1. The summed E-state index contributed by atoms with van der Waals surface area (Å²) in [6.07, 6.45) is 3.46. The number of aryl methyl sites for hydroxylation is 1. The Kier molecular flexibility index (Phi) is 2.99. The van der Waals surface area contributed by atoms with Gasteiger partial charge in [-0.3, -0.25) is 9.48 Å². The van der Waals surface area contributed by atoms with E-state index in [0.29, 0.717) is 17.8 Å². The molecule has 0 N–H and O–H groups in total. The minimum Gasteiger partial charge on any atom is -0.307 e. The van der Waals surface area contributed by atoms with Crippen LogP contribution in [0, 0.1) is 11.3 Å². The van der Waals surface area contributed by atoms with Crippen LogP contribution >= 0.6 is 0 Å². The van der Waals surface area contributed by atoms with E-state index in [1.165, 1.54) is 0 Å². The molecule has 0 saturated carbocycles. The molecule has 3 rings (SSSR count). The van der Waals surface area contributed by atoms with Crippen LogP contribution in [0.4, 0.5) is 5.69 Å². The van der Waals surface area contributed by atoms with Gasteiger partial charge in [0.2, 0.25) is 0 Å². The third-order valence-electron chi connectivity index (χ3n) is 3.55. The average molecular weight is 266 g/mol. The molecule has 1 aromatic heterocycles. The van der Waals surface area contributed by atoms with Gasteiger partial charge in [-0.2, -0.15) is 10.4 Å². The van der Waals surface area contributed by atoms with Crippen LogP contribution in [0.2, 0.25) is 0 Å². The van der Waals surface area contributed by atoms with Gasteiger partial charge in [0.25, 0.3) is 5.91 Å². The van der Waals surface area contributed by atoms with Crippen molar-refractivity contribution in [3.63, 3.8) is 0 Å². The van der Waals surface area contributed by atoms with Gasteiger partial charge in [-0.25, -0.2) is 0 Å². The van der Waals surface area contributed by atoms with Gasteiger partial charge in [0.15, 0.2) is 5.69 Å². The van der Waals surface area contributed by atoms with Crippen LogP contribution in [0.1, 0.15) is 28.0 Å². The van der Waals surface area contributed by atoms with Crippen LogP contribution in [0.15, 0.2) is 30.5 Å². The fourth-order valence-electron chi connectivity index (χ4n) is 2.61. The van der Waals surface area contributed by atoms with Crippen molar-refractivity contribution in [1.29, 1.82) is 5.26 Å². The largest absolute Gasteiger partial charge is 0.307 e. The molecule has 2 heterocycles. The lowest BCUT2D eigenvalue weighted by molar-refractivity contribution is 0.0979. The number of nitrogens with zero attached hydrogens (tertiary/aromatic N) is 4. The molecule has 1 aliphatic heterocycles. The van der Waals surface area contributed by atoms with E-state index in [1.54, 1.807) is 35.0 Å². The summed E-state index contributed by atoms with van der Waals surface area (Å²) in [6.45, 7) is 0.664. The van der Waals surface area contributed by atoms with E-state index >= 15 is 0 Å². The zero-order valence-electron chi connectivity index (χ0n) is 11.2. The summed E-state index contributed by atoms with van der Waals surface area (Å²) < 4.78 is 1.61. The summed E-state index contributed by atoms with van der Waals surface area (Å²) in [5.74, 6) is -0.110. The van der Waals surface area contributed by atoms with E-state index in [0.717, 1.165) is 24.1 Å². The van der Waals surface area contributed by atoms with Crippen molar-refractivity contribution in [2.45, 2.75) is 12.8 Å². The summed E-state index contributed by atoms with van der Waals surface area (Å²) in [4.78, 5) is 14.3. The Morgan fingerprint density at radius 3 is 2.95 bits per heavy atom. The van der Waals surface area contributed by atoms with E-state index < -0.39 is 0 Å². The van der Waals surface area contributed by atoms with Crippen LogP contribution < -0.4 is 4.90 Å². The maximum absolute atomic E-state index is 12.5. The monoisotopic (exact) mass is 266 g/mol. The number of aromatic nitrogens is 2. The summed E-state index contributed by atoms with van der Waals surface area (Å²) in [7, 11) is 1.79. The first-order valence-corrected chi connectivity index (χ1v) is 6.54. The average Bonchev–Trinajstić information content (AvgIpc) is 2.91. The highest BCUT2D eigenvalue weighted by atomic mass is 16.2. The van der Waals surface area contributed by atoms with Gasteiger partial charge in [-0.1, -0.05) is 6.07 Å². The molecular formula is C15H14N4O. The van der Waals surface area contributed by atoms with Crippen LogP contribution in [0.25, 0.3) is 0 Å². The topological polar surface area (TPSA) is 61.9 Å². The highest BCUT2D eigenvalue weighted by Gasteiger charge is 2.26. The fraction of sp³-hybridized carbons (Fsp3) is 0.267. The molecule has 1 amide bonds. The summed E-state index contributed by atoms with van der Waals surface area (Å²) in [5, 5.41) is 13.3. The predicted octanol–water partition coefficient (Wildman–Crippen LogP) is 1.88. The minimum absolute atomic E-state index is 0.110. The molecule has 5 heteroatoms. The maximum atomic E-state index is 12.5. The van der Waals surface area contributed by atoms with Crippen molar-refractivity contribution in [3.05, 3.63) is 47.3 Å². The zero-order chi connectivity index (χ0) is 14.1. The van der Waals surface area contributed by atoms with Gasteiger partial charge < -0.3 is 4.90 Å². The van der Waals surface area contributed by atoms with Crippen LogP contribution in [0.3, 0.4) is 0 Å². The number of carbonyl (C=O) groups is 1. The zero-order valence-corrected chi connectivity index (χ0v) is 11.2. The van der Waals surface area contributed by atoms with Crippen molar-refractivity contribution >= 4 is 11.6 Å². The van der Waals surface area contributed by atoms with Gasteiger partial charge in [0.1, 0.15) is 0 Å². The lowest BCUT2D eigenvalue weighted by atomic mass is 9.96. The van der Waals surface area contributed by atoms with Crippen molar-refractivity contribution < 1.29 is 4.79 Å². The molecule has 0 radical (unpaired) electrons. The number of hydrogen-bond donors (Lipinski definition) is 0. The lowest BCUT2D eigenvalue weighted by Crippen LogP contribution is -2.36. The molecule has 20 heavy (non-hydrogen) atoms. The molecule has 0 spiro atoms. The van der Waals surface area contributed by atoms with Crippen molar-refractivity contribution in [2.24, 2.45) is 7.05 Å². The fourth-order valence-corrected chi connectivity index (χ4v) is 2.61. The summed E-state index contributed by atoms with van der Waals surface area (Å²) in [6, 6.07) is 9.43. The second-order valence-electron chi connectivity index (χ2n) is 4.85. The molecule has 2 aromatic rings. The molecule has 0 saturated heterocycles. The minimum atomic E-state index is -0.110. The number of hydrogen-bond acceptors (Lipinski definition) is 3. The predicted molar refractivity (Wildman–Crippen MR) is 74.4 cm³/mol. The number of amides is 1. The molecular weight excluding hydrogens is 252 g/mol. The highest BCUT2D eigenvalue weighted by molar-refractivity contribution is 6.05. The number of benzene rings is 1. The lowest BCUT2D eigenvalue weighted by Gasteiger charge is -2.29. The van der Waals surface area contributed by atoms with Gasteiger partial charge >= 0.3 is 0 Å².